The van der Waals surface area contributed by atoms with E-state index < -0.39 is 5.41 Å². The fourth-order valence-electron chi connectivity index (χ4n) is 3.84. The third-order valence-corrected chi connectivity index (χ3v) is 5.31. The third kappa shape index (κ3) is 3.87. The zero-order valence-corrected chi connectivity index (χ0v) is 14.7. The minimum atomic E-state index is -1.03. The van der Waals surface area contributed by atoms with Crippen LogP contribution in [0.5, 0.6) is 0 Å². The third-order valence-electron chi connectivity index (χ3n) is 5.31. The molecule has 0 aromatic heterocycles. The van der Waals surface area contributed by atoms with Crippen LogP contribution >= 0.6 is 0 Å². The second kappa shape index (κ2) is 7.85. The summed E-state index contributed by atoms with van der Waals surface area (Å²) in [4.78, 5) is 26.2. The molecule has 138 valence electrons. The number of primary amides is 1. The number of nitriles is 1. The topological polar surface area (TPSA) is 108 Å². The highest BCUT2D eigenvalue weighted by Gasteiger charge is 2.43. The van der Waals surface area contributed by atoms with Gasteiger partial charge in [0.05, 0.1) is 12.6 Å². The molecule has 3 rings (SSSR count). The van der Waals surface area contributed by atoms with E-state index >= 15 is 0 Å². The number of benzene rings is 1. The number of hydrogen-bond donors (Lipinski definition) is 2. The van der Waals surface area contributed by atoms with Crippen molar-refractivity contribution in [1.82, 2.24) is 10.2 Å². The second-order valence-corrected chi connectivity index (χ2v) is 7.06. The van der Waals surface area contributed by atoms with E-state index in [1.807, 2.05) is 35.2 Å². The van der Waals surface area contributed by atoms with Crippen molar-refractivity contribution in [2.24, 2.45) is 11.1 Å². The lowest BCUT2D eigenvalue weighted by Crippen LogP contribution is -2.49. The lowest BCUT2D eigenvalue weighted by atomic mass is 9.80. The summed E-state index contributed by atoms with van der Waals surface area (Å²) in [6.45, 7) is 2.17. The van der Waals surface area contributed by atoms with Gasteiger partial charge in [-0.15, -0.1) is 0 Å². The molecule has 1 aromatic carbocycles. The first kappa shape index (κ1) is 18.4. The van der Waals surface area contributed by atoms with Gasteiger partial charge in [-0.2, -0.15) is 5.26 Å². The number of nitrogens with zero attached hydrogens (tertiary/aromatic N) is 2. The maximum Gasteiger partial charge on any atom is 0.240 e. The number of nitrogens with one attached hydrogen (secondary N) is 1. The second-order valence-electron chi connectivity index (χ2n) is 7.06. The summed E-state index contributed by atoms with van der Waals surface area (Å²) in [6.07, 6.45) is 0.812. The molecular formula is C19H24N4O3. The molecule has 2 aliphatic heterocycles. The first-order valence-corrected chi connectivity index (χ1v) is 8.90. The molecule has 3 N–H and O–H groups in total. The molecule has 0 bridgehead atoms. The molecule has 2 atom stereocenters. The molecule has 7 heteroatoms. The first-order valence-electron chi connectivity index (χ1n) is 8.90. The van der Waals surface area contributed by atoms with E-state index in [1.54, 1.807) is 0 Å². The minimum Gasteiger partial charge on any atom is -0.381 e. The molecule has 0 saturated carbocycles. The molecule has 0 aliphatic carbocycles. The molecule has 7 nitrogen and oxygen atoms in total. The van der Waals surface area contributed by atoms with Gasteiger partial charge in [0.15, 0.2) is 0 Å². The molecule has 2 saturated heterocycles. The lowest BCUT2D eigenvalue weighted by Gasteiger charge is -2.31. The maximum atomic E-state index is 12.9. The van der Waals surface area contributed by atoms with Crippen LogP contribution in [0.2, 0.25) is 0 Å². The molecule has 0 radical (unpaired) electrons. The minimum absolute atomic E-state index is 0.0510. The number of nitrogens with two attached hydrogens (primary N) is 1. The number of ether oxygens (including phenoxy) is 1. The summed E-state index contributed by atoms with van der Waals surface area (Å²) in [6, 6.07) is 11.9. The molecule has 26 heavy (non-hydrogen) atoms. The number of carbonyl (C=O) groups is 2. The summed E-state index contributed by atoms with van der Waals surface area (Å²) in [7, 11) is 0. The predicted molar refractivity (Wildman–Crippen MR) is 94.8 cm³/mol. The van der Waals surface area contributed by atoms with Crippen LogP contribution < -0.4 is 11.1 Å². The zero-order chi connectivity index (χ0) is 18.6. The van der Waals surface area contributed by atoms with Gasteiger partial charge in [0.25, 0.3) is 0 Å². The van der Waals surface area contributed by atoms with Gasteiger partial charge >= 0.3 is 0 Å². The average molecular weight is 356 g/mol. The summed E-state index contributed by atoms with van der Waals surface area (Å²) in [5.41, 5.74) is 5.41. The van der Waals surface area contributed by atoms with Gasteiger partial charge in [-0.25, -0.2) is 0 Å². The Kier molecular flexibility index (Phi) is 5.55. The highest BCUT2D eigenvalue weighted by molar-refractivity contribution is 5.86. The Labute approximate surface area is 153 Å². The van der Waals surface area contributed by atoms with Crippen LogP contribution in [0.4, 0.5) is 0 Å². The number of likely N-dealkylation sites (tertiary alicyclic amines) is 1. The average Bonchev–Trinajstić information content (AvgIpc) is 3.04. The summed E-state index contributed by atoms with van der Waals surface area (Å²) in [5, 5.41) is 12.7. The van der Waals surface area contributed by atoms with E-state index in [0.717, 1.165) is 5.56 Å². The Balaban J connectivity index is 1.77. The summed E-state index contributed by atoms with van der Waals surface area (Å²) < 4.78 is 5.31. The van der Waals surface area contributed by atoms with Crippen molar-refractivity contribution >= 4 is 11.8 Å². The Hall–Kier alpha value is -2.43. The van der Waals surface area contributed by atoms with Gasteiger partial charge in [-0.05, 0) is 18.4 Å². The number of hydrogen-bond acceptors (Lipinski definition) is 5. The van der Waals surface area contributed by atoms with Crippen molar-refractivity contribution in [2.75, 3.05) is 32.8 Å². The maximum absolute atomic E-state index is 12.9. The highest BCUT2D eigenvalue weighted by atomic mass is 16.5. The van der Waals surface area contributed by atoms with Crippen molar-refractivity contribution in [2.45, 2.75) is 24.8 Å². The first-order chi connectivity index (χ1) is 12.5. The molecule has 2 fully saturated rings. The molecule has 2 aliphatic rings. The normalized spacial score (nSPS) is 25.3. The number of rotatable bonds is 5. The Morgan fingerprint density at radius 3 is 2.58 bits per heavy atom. The van der Waals surface area contributed by atoms with Crippen molar-refractivity contribution in [3.05, 3.63) is 35.9 Å². The van der Waals surface area contributed by atoms with Crippen LogP contribution in [0.1, 0.15) is 24.3 Å². The molecule has 0 unspecified atom stereocenters. The Bertz CT molecular complexity index is 694. The quantitative estimate of drug-likeness (QED) is 0.793. The van der Waals surface area contributed by atoms with Gasteiger partial charge in [0.2, 0.25) is 11.8 Å². The van der Waals surface area contributed by atoms with Crippen LogP contribution in [-0.4, -0.2) is 55.6 Å². The van der Waals surface area contributed by atoms with Crippen LogP contribution in [0.15, 0.2) is 30.3 Å². The van der Waals surface area contributed by atoms with E-state index in [9.17, 15) is 14.9 Å². The van der Waals surface area contributed by atoms with Crippen molar-refractivity contribution in [1.29, 1.82) is 5.26 Å². The Morgan fingerprint density at radius 1 is 1.27 bits per heavy atom. The monoisotopic (exact) mass is 356 g/mol. The predicted octanol–water partition coefficient (Wildman–Crippen LogP) is 0.376. The van der Waals surface area contributed by atoms with Gasteiger partial charge in [0.1, 0.15) is 5.41 Å². The van der Waals surface area contributed by atoms with E-state index in [1.165, 1.54) is 0 Å². The Morgan fingerprint density at radius 2 is 1.96 bits per heavy atom. The van der Waals surface area contributed by atoms with E-state index in [4.69, 9.17) is 10.5 Å². The molecular weight excluding hydrogens is 332 g/mol. The fraction of sp³-hybridized carbons (Fsp3) is 0.526. The molecule has 0 spiro atoms. The van der Waals surface area contributed by atoms with Gasteiger partial charge < -0.3 is 15.8 Å². The highest BCUT2D eigenvalue weighted by Crippen LogP contribution is 2.32. The summed E-state index contributed by atoms with van der Waals surface area (Å²) >= 11 is 0. The molecule has 2 heterocycles. The SMILES string of the molecule is N#CC1(C(=O)N[C@H]2CN(CC(N)=O)C[C@@H]2c2ccccc2)CCOCC1. The van der Waals surface area contributed by atoms with Gasteiger partial charge in [-0.1, -0.05) is 30.3 Å². The van der Waals surface area contributed by atoms with Crippen LogP contribution in [0.25, 0.3) is 0 Å². The fourth-order valence-corrected chi connectivity index (χ4v) is 3.84. The van der Waals surface area contributed by atoms with E-state index in [0.29, 0.717) is 39.1 Å². The van der Waals surface area contributed by atoms with Crippen LogP contribution in [0.3, 0.4) is 0 Å². The van der Waals surface area contributed by atoms with E-state index in [-0.39, 0.29) is 30.3 Å². The standard InChI is InChI=1S/C19H24N4O3/c20-13-19(6-8-26-9-7-19)18(25)22-16-11-23(12-17(21)24)10-15(16)14-4-2-1-3-5-14/h1-5,15-16H,6-12H2,(H2,21,24)(H,22,25)/t15-,16+/m1/s1. The van der Waals surface area contributed by atoms with Gasteiger partial charge in [0, 0.05) is 38.3 Å². The number of carbonyl (C=O) groups excluding carboxylic acids is 2. The van der Waals surface area contributed by atoms with Crippen molar-refractivity contribution < 1.29 is 14.3 Å². The largest absolute Gasteiger partial charge is 0.381 e. The molecule has 2 amide bonds. The van der Waals surface area contributed by atoms with Crippen LogP contribution in [0, 0.1) is 16.7 Å². The van der Waals surface area contributed by atoms with Crippen LogP contribution in [-0.2, 0) is 14.3 Å². The number of amides is 2. The molecule has 1 aromatic rings. The van der Waals surface area contributed by atoms with E-state index in [2.05, 4.69) is 11.4 Å². The van der Waals surface area contributed by atoms with Crippen molar-refractivity contribution in [3.8, 4) is 6.07 Å². The van der Waals surface area contributed by atoms with Gasteiger partial charge in [-0.3, -0.25) is 14.5 Å². The smallest absolute Gasteiger partial charge is 0.240 e. The summed E-state index contributed by atoms with van der Waals surface area (Å²) in [5.74, 6) is -0.577. The lowest BCUT2D eigenvalue weighted by molar-refractivity contribution is -0.133. The zero-order valence-electron chi connectivity index (χ0n) is 14.7. The van der Waals surface area contributed by atoms with Crippen molar-refractivity contribution in [3.63, 3.8) is 0 Å².